The van der Waals surface area contributed by atoms with Gasteiger partial charge in [-0.05, 0) is 99.5 Å². The highest BCUT2D eigenvalue weighted by Gasteiger charge is 2.27. The summed E-state index contributed by atoms with van der Waals surface area (Å²) in [5.41, 5.74) is 7.98. The Kier molecular flexibility index (Phi) is 8.95. The van der Waals surface area contributed by atoms with Crippen molar-refractivity contribution in [3.63, 3.8) is 0 Å². The van der Waals surface area contributed by atoms with Gasteiger partial charge in [-0.15, -0.1) is 0 Å². The van der Waals surface area contributed by atoms with Crippen molar-refractivity contribution in [2.75, 3.05) is 10.8 Å². The molecule has 40 heavy (non-hydrogen) atoms. The van der Waals surface area contributed by atoms with Gasteiger partial charge in [0.2, 0.25) is 0 Å². The summed E-state index contributed by atoms with van der Waals surface area (Å²) in [6.07, 6.45) is 1.51. The summed E-state index contributed by atoms with van der Waals surface area (Å²) >= 11 is 18.4. The molecule has 0 aliphatic heterocycles. The number of anilines is 1. The fourth-order valence-corrected chi connectivity index (χ4v) is 6.25. The molecule has 11 heteroatoms. The van der Waals surface area contributed by atoms with Crippen LogP contribution < -0.4 is 9.73 Å². The number of carbonyl (C=O) groups excluding carboxylic acids is 1. The number of nitrogens with zero attached hydrogens (tertiary/aromatic N) is 3. The molecule has 0 radical (unpaired) electrons. The lowest BCUT2D eigenvalue weighted by molar-refractivity contribution is -0.119. The largest absolute Gasteiger partial charge is 0.316 e. The molecular weight excluding hydrogens is 591 g/mol. The maximum Gasteiger partial charge on any atom is 0.264 e. The molecule has 0 unspecified atom stereocenters. The molecule has 4 rings (SSSR count). The highest BCUT2D eigenvalue weighted by atomic mass is 35.5. The number of carbonyl (C=O) groups is 1. The Hall–Kier alpha value is -3.30. The zero-order valence-electron chi connectivity index (χ0n) is 22.2. The molecule has 208 valence electrons. The Morgan fingerprint density at radius 3 is 2.23 bits per heavy atom. The molecule has 0 fully saturated rings. The lowest BCUT2D eigenvalue weighted by Crippen LogP contribution is -2.39. The predicted molar refractivity (Wildman–Crippen MR) is 163 cm³/mol. The Morgan fingerprint density at radius 1 is 0.900 bits per heavy atom. The third-order valence-corrected chi connectivity index (χ3v) is 9.06. The molecule has 0 aliphatic carbocycles. The second-order valence-electron chi connectivity index (χ2n) is 9.28. The van der Waals surface area contributed by atoms with Crippen LogP contribution in [0.15, 0.2) is 76.7 Å². The minimum Gasteiger partial charge on any atom is -0.316 e. The van der Waals surface area contributed by atoms with Crippen LogP contribution in [-0.2, 0) is 14.8 Å². The summed E-state index contributed by atoms with van der Waals surface area (Å²) in [5.74, 6) is -0.610. The second-order valence-corrected chi connectivity index (χ2v) is 12.4. The second kappa shape index (κ2) is 12.1. The summed E-state index contributed by atoms with van der Waals surface area (Å²) in [4.78, 5) is 13.0. The zero-order chi connectivity index (χ0) is 29.2. The molecule has 0 atom stereocenters. The first-order chi connectivity index (χ1) is 18.9. The summed E-state index contributed by atoms with van der Waals surface area (Å²) in [6.45, 7) is 7.16. The van der Waals surface area contributed by atoms with Crippen molar-refractivity contribution in [3.05, 3.63) is 110 Å². The maximum atomic E-state index is 13.6. The van der Waals surface area contributed by atoms with E-state index in [-0.39, 0.29) is 4.90 Å². The standard InChI is InChI=1S/C29H27Cl3N4O3S/c1-18-5-9-25(13-19(18)2)35(40(38,39)26-10-6-23(30)7-11-26)17-29(37)34-33-16-22-14-20(3)36(21(22)4)28-12-8-24(31)15-27(28)32/h5-16H,17H2,1-4H3,(H,34,37)/b33-16-. The van der Waals surface area contributed by atoms with E-state index in [2.05, 4.69) is 10.5 Å². The molecule has 0 spiro atoms. The van der Waals surface area contributed by atoms with Crippen LogP contribution in [-0.4, -0.2) is 31.7 Å². The van der Waals surface area contributed by atoms with Crippen LogP contribution in [0.4, 0.5) is 5.69 Å². The fraction of sp³-hybridized carbons (Fsp3) is 0.172. The van der Waals surface area contributed by atoms with Crippen LogP contribution in [0.25, 0.3) is 5.69 Å². The van der Waals surface area contributed by atoms with Crippen molar-refractivity contribution in [3.8, 4) is 5.69 Å². The first kappa shape index (κ1) is 29.7. The Balaban J connectivity index is 1.58. The minimum absolute atomic E-state index is 0.0136. The number of halogens is 3. The van der Waals surface area contributed by atoms with E-state index in [9.17, 15) is 13.2 Å². The number of amides is 1. The summed E-state index contributed by atoms with van der Waals surface area (Å²) in [7, 11) is -4.08. The van der Waals surface area contributed by atoms with Gasteiger partial charge in [-0.3, -0.25) is 9.10 Å². The van der Waals surface area contributed by atoms with Crippen LogP contribution in [0.2, 0.25) is 15.1 Å². The molecule has 0 saturated heterocycles. The molecule has 1 N–H and O–H groups in total. The lowest BCUT2D eigenvalue weighted by Gasteiger charge is -2.24. The van der Waals surface area contributed by atoms with E-state index in [1.54, 1.807) is 24.3 Å². The van der Waals surface area contributed by atoms with Crippen LogP contribution in [0.1, 0.15) is 28.1 Å². The molecule has 0 aliphatic rings. The Bertz CT molecular complexity index is 1720. The van der Waals surface area contributed by atoms with Gasteiger partial charge in [-0.2, -0.15) is 5.10 Å². The molecule has 4 aromatic rings. The van der Waals surface area contributed by atoms with Gasteiger partial charge in [0.25, 0.3) is 15.9 Å². The average molecular weight is 618 g/mol. The van der Waals surface area contributed by atoms with Gasteiger partial charge < -0.3 is 4.57 Å². The van der Waals surface area contributed by atoms with E-state index >= 15 is 0 Å². The number of sulfonamides is 1. The van der Waals surface area contributed by atoms with E-state index in [0.717, 1.165) is 38.1 Å². The average Bonchev–Trinajstić information content (AvgIpc) is 3.17. The van der Waals surface area contributed by atoms with E-state index < -0.39 is 22.5 Å². The SMILES string of the molecule is Cc1ccc(N(CC(=O)N/N=C\c2cc(C)n(-c3ccc(Cl)cc3Cl)c2C)S(=O)(=O)c2ccc(Cl)cc2)cc1C. The topological polar surface area (TPSA) is 83.8 Å². The number of aryl methyl sites for hydroxylation is 3. The summed E-state index contributed by atoms with van der Waals surface area (Å²) < 4.78 is 30.2. The van der Waals surface area contributed by atoms with Crippen molar-refractivity contribution < 1.29 is 13.2 Å². The molecule has 7 nitrogen and oxygen atoms in total. The first-order valence-corrected chi connectivity index (χ1v) is 14.8. The van der Waals surface area contributed by atoms with E-state index in [1.807, 2.05) is 50.5 Å². The number of nitrogens with one attached hydrogen (secondary N) is 1. The van der Waals surface area contributed by atoms with Crippen LogP contribution in [0.5, 0.6) is 0 Å². The zero-order valence-corrected chi connectivity index (χ0v) is 25.3. The highest BCUT2D eigenvalue weighted by Crippen LogP contribution is 2.29. The monoisotopic (exact) mass is 616 g/mol. The quantitative estimate of drug-likeness (QED) is 0.170. The molecular formula is C29H27Cl3N4O3S. The lowest BCUT2D eigenvalue weighted by atomic mass is 10.1. The van der Waals surface area contributed by atoms with E-state index in [1.165, 1.54) is 30.5 Å². The van der Waals surface area contributed by atoms with Gasteiger partial charge >= 0.3 is 0 Å². The van der Waals surface area contributed by atoms with Crippen molar-refractivity contribution in [2.45, 2.75) is 32.6 Å². The van der Waals surface area contributed by atoms with Crippen molar-refractivity contribution in [2.24, 2.45) is 5.10 Å². The third kappa shape index (κ3) is 6.36. The van der Waals surface area contributed by atoms with Gasteiger partial charge in [-0.1, -0.05) is 40.9 Å². The third-order valence-electron chi connectivity index (χ3n) is 6.48. The van der Waals surface area contributed by atoms with Crippen molar-refractivity contribution in [1.82, 2.24) is 9.99 Å². The van der Waals surface area contributed by atoms with E-state index in [0.29, 0.717) is 20.8 Å². The Morgan fingerprint density at radius 2 is 1.57 bits per heavy atom. The Labute approximate surface area is 249 Å². The van der Waals surface area contributed by atoms with Gasteiger partial charge in [0.05, 0.1) is 27.5 Å². The molecule has 0 bridgehead atoms. The number of benzene rings is 3. The van der Waals surface area contributed by atoms with Crippen molar-refractivity contribution in [1.29, 1.82) is 0 Å². The normalized spacial score (nSPS) is 11.7. The van der Waals surface area contributed by atoms with Gasteiger partial charge in [0, 0.05) is 27.0 Å². The predicted octanol–water partition coefficient (Wildman–Crippen LogP) is 7.02. The van der Waals surface area contributed by atoms with Crippen LogP contribution in [0.3, 0.4) is 0 Å². The van der Waals surface area contributed by atoms with Crippen LogP contribution in [0, 0.1) is 27.7 Å². The maximum absolute atomic E-state index is 13.6. The number of hydrazone groups is 1. The van der Waals surface area contributed by atoms with E-state index in [4.69, 9.17) is 34.8 Å². The smallest absolute Gasteiger partial charge is 0.264 e. The number of aromatic nitrogens is 1. The first-order valence-electron chi connectivity index (χ1n) is 12.2. The van der Waals surface area contributed by atoms with Gasteiger partial charge in [-0.25, -0.2) is 13.8 Å². The summed E-state index contributed by atoms with van der Waals surface area (Å²) in [5, 5.41) is 5.54. The molecule has 1 amide bonds. The van der Waals surface area contributed by atoms with Crippen molar-refractivity contribution >= 4 is 62.6 Å². The highest BCUT2D eigenvalue weighted by molar-refractivity contribution is 7.92. The number of hydrogen-bond acceptors (Lipinski definition) is 4. The fourth-order valence-electron chi connectivity index (χ4n) is 4.22. The summed E-state index contributed by atoms with van der Waals surface area (Å²) in [6, 6.07) is 18.2. The number of rotatable bonds is 8. The molecule has 3 aromatic carbocycles. The molecule has 1 heterocycles. The minimum atomic E-state index is -4.08. The molecule has 1 aromatic heterocycles. The molecule has 0 saturated carbocycles. The number of hydrogen-bond donors (Lipinski definition) is 1. The van der Waals surface area contributed by atoms with Crippen LogP contribution >= 0.6 is 34.8 Å². The van der Waals surface area contributed by atoms with Gasteiger partial charge in [0.1, 0.15) is 6.54 Å². The van der Waals surface area contributed by atoms with Gasteiger partial charge in [0.15, 0.2) is 0 Å².